The Kier molecular flexibility index (Phi) is 5.23. The summed E-state index contributed by atoms with van der Waals surface area (Å²) in [7, 11) is 0. The van der Waals surface area contributed by atoms with Crippen LogP contribution in [0.1, 0.15) is 17.2 Å². The lowest BCUT2D eigenvalue weighted by atomic mass is 10.3. The molecule has 22 heavy (non-hydrogen) atoms. The lowest BCUT2D eigenvalue weighted by molar-refractivity contribution is 0.340. The van der Waals surface area contributed by atoms with Crippen molar-refractivity contribution in [3.05, 3.63) is 46.7 Å². The van der Waals surface area contributed by atoms with E-state index in [0.717, 1.165) is 28.8 Å². The van der Waals surface area contributed by atoms with Gasteiger partial charge >= 0.3 is 0 Å². The van der Waals surface area contributed by atoms with Gasteiger partial charge in [-0.15, -0.1) is 23.1 Å². The summed E-state index contributed by atoms with van der Waals surface area (Å²) < 4.78 is 5.46. The van der Waals surface area contributed by atoms with Gasteiger partial charge in [-0.05, 0) is 54.9 Å². The normalized spacial score (nSPS) is 17.5. The SMILES string of the molecule is CCOc1ccc(NC(=S)N2CCS[C@H]2c2cccs2)cc1. The molecule has 1 aliphatic heterocycles. The molecule has 1 aromatic carbocycles. The highest BCUT2D eigenvalue weighted by molar-refractivity contribution is 7.99. The Balaban J connectivity index is 1.66. The third kappa shape index (κ3) is 3.56. The van der Waals surface area contributed by atoms with Crippen LogP contribution in [0, 0.1) is 0 Å². The number of nitrogens with one attached hydrogen (secondary N) is 1. The Labute approximate surface area is 144 Å². The number of hydrogen-bond acceptors (Lipinski definition) is 4. The Hall–Kier alpha value is -1.24. The number of benzene rings is 1. The van der Waals surface area contributed by atoms with Crippen molar-refractivity contribution in [3.8, 4) is 5.75 Å². The van der Waals surface area contributed by atoms with Crippen LogP contribution < -0.4 is 10.1 Å². The number of thiocarbonyl (C=S) groups is 1. The first-order chi connectivity index (χ1) is 10.8. The molecule has 2 heterocycles. The average molecular weight is 351 g/mol. The minimum Gasteiger partial charge on any atom is -0.494 e. The minimum atomic E-state index is 0.336. The Morgan fingerprint density at radius 3 is 2.86 bits per heavy atom. The van der Waals surface area contributed by atoms with Crippen molar-refractivity contribution >= 4 is 46.1 Å². The van der Waals surface area contributed by atoms with E-state index in [1.807, 2.05) is 43.0 Å². The van der Waals surface area contributed by atoms with E-state index >= 15 is 0 Å². The molecule has 3 nitrogen and oxygen atoms in total. The minimum absolute atomic E-state index is 0.336. The fraction of sp³-hybridized carbons (Fsp3) is 0.312. The maximum absolute atomic E-state index is 5.61. The van der Waals surface area contributed by atoms with Gasteiger partial charge in [0.2, 0.25) is 0 Å². The van der Waals surface area contributed by atoms with E-state index in [2.05, 4.69) is 27.7 Å². The Morgan fingerprint density at radius 2 is 2.18 bits per heavy atom. The number of ether oxygens (including phenoxy) is 1. The second-order valence-electron chi connectivity index (χ2n) is 4.82. The van der Waals surface area contributed by atoms with Gasteiger partial charge in [0.05, 0.1) is 6.61 Å². The summed E-state index contributed by atoms with van der Waals surface area (Å²) in [5, 5.41) is 6.58. The zero-order chi connectivity index (χ0) is 15.4. The molecule has 6 heteroatoms. The van der Waals surface area contributed by atoms with Crippen LogP contribution >= 0.6 is 35.3 Å². The number of hydrogen-bond donors (Lipinski definition) is 1. The second-order valence-corrected chi connectivity index (χ2v) is 7.37. The molecule has 1 N–H and O–H groups in total. The van der Waals surface area contributed by atoms with E-state index in [1.54, 1.807) is 11.3 Å². The predicted molar refractivity (Wildman–Crippen MR) is 100 cm³/mol. The largest absolute Gasteiger partial charge is 0.494 e. The van der Waals surface area contributed by atoms with Crippen molar-refractivity contribution in [1.82, 2.24) is 4.90 Å². The highest BCUT2D eigenvalue weighted by Gasteiger charge is 2.29. The van der Waals surface area contributed by atoms with Crippen LogP contribution in [0.15, 0.2) is 41.8 Å². The van der Waals surface area contributed by atoms with E-state index < -0.39 is 0 Å². The van der Waals surface area contributed by atoms with Crippen LogP contribution in [0.5, 0.6) is 5.75 Å². The van der Waals surface area contributed by atoms with Crippen molar-refractivity contribution in [2.45, 2.75) is 12.3 Å². The van der Waals surface area contributed by atoms with Gasteiger partial charge < -0.3 is 15.0 Å². The van der Waals surface area contributed by atoms with Crippen LogP contribution in [-0.2, 0) is 0 Å². The van der Waals surface area contributed by atoms with Gasteiger partial charge in [-0.2, -0.15) is 0 Å². The number of thioether (sulfide) groups is 1. The molecule has 0 spiro atoms. The third-order valence-corrected chi connectivity index (χ3v) is 6.01. The number of nitrogens with zero attached hydrogens (tertiary/aromatic N) is 1. The first-order valence-corrected chi connectivity index (χ1v) is 9.57. The summed E-state index contributed by atoms with van der Waals surface area (Å²) in [6.45, 7) is 3.64. The van der Waals surface area contributed by atoms with Gasteiger partial charge in [0.15, 0.2) is 5.11 Å². The molecule has 116 valence electrons. The summed E-state index contributed by atoms with van der Waals surface area (Å²) in [6, 6.07) is 12.2. The first kappa shape index (κ1) is 15.6. The molecule has 2 aromatic rings. The van der Waals surface area contributed by atoms with Crippen molar-refractivity contribution in [2.24, 2.45) is 0 Å². The maximum atomic E-state index is 5.61. The number of thiophene rings is 1. The smallest absolute Gasteiger partial charge is 0.174 e. The predicted octanol–water partition coefficient (Wildman–Crippen LogP) is 4.59. The molecule has 0 amide bonds. The highest BCUT2D eigenvalue weighted by atomic mass is 32.2. The molecule has 0 bridgehead atoms. The second kappa shape index (κ2) is 7.35. The third-order valence-electron chi connectivity index (χ3n) is 3.36. The molecular weight excluding hydrogens is 332 g/mol. The van der Waals surface area contributed by atoms with Crippen LogP contribution in [0.25, 0.3) is 0 Å². The summed E-state index contributed by atoms with van der Waals surface area (Å²) in [5.74, 6) is 1.99. The van der Waals surface area contributed by atoms with Crippen LogP contribution in [-0.4, -0.2) is 28.9 Å². The van der Waals surface area contributed by atoms with Gasteiger partial charge in [-0.3, -0.25) is 0 Å². The number of anilines is 1. The lowest BCUT2D eigenvalue weighted by Crippen LogP contribution is -2.33. The van der Waals surface area contributed by atoms with Crippen LogP contribution in [0.2, 0.25) is 0 Å². The summed E-state index contributed by atoms with van der Waals surface area (Å²) in [6.07, 6.45) is 0. The van der Waals surface area contributed by atoms with Gasteiger partial charge in [-0.1, -0.05) is 6.07 Å². The maximum Gasteiger partial charge on any atom is 0.174 e. The summed E-state index contributed by atoms with van der Waals surface area (Å²) >= 11 is 9.34. The molecule has 1 atom stereocenters. The molecule has 1 aliphatic rings. The van der Waals surface area contributed by atoms with Crippen molar-refractivity contribution < 1.29 is 4.74 Å². The molecular formula is C16H18N2OS3. The van der Waals surface area contributed by atoms with Crippen molar-refractivity contribution in [3.63, 3.8) is 0 Å². The van der Waals surface area contributed by atoms with Gasteiger partial charge in [-0.25, -0.2) is 0 Å². The van der Waals surface area contributed by atoms with Gasteiger partial charge in [0, 0.05) is 22.9 Å². The average Bonchev–Trinajstić information content (AvgIpc) is 3.20. The Morgan fingerprint density at radius 1 is 1.36 bits per heavy atom. The van der Waals surface area contributed by atoms with Crippen LogP contribution in [0.4, 0.5) is 5.69 Å². The zero-order valence-corrected chi connectivity index (χ0v) is 14.8. The first-order valence-electron chi connectivity index (χ1n) is 7.23. The lowest BCUT2D eigenvalue weighted by Gasteiger charge is -2.26. The summed E-state index contributed by atoms with van der Waals surface area (Å²) in [5.41, 5.74) is 0.996. The molecule has 0 saturated carbocycles. The standard InChI is InChI=1S/C16H18N2OS3/c1-2-19-13-7-5-12(6-8-13)17-16(20)18-9-11-22-15(18)14-4-3-10-21-14/h3-8,10,15H,2,9,11H2,1H3,(H,17,20)/t15-/m0/s1. The zero-order valence-electron chi connectivity index (χ0n) is 12.3. The summed E-state index contributed by atoms with van der Waals surface area (Å²) in [4.78, 5) is 3.63. The van der Waals surface area contributed by atoms with Crippen molar-refractivity contribution in [2.75, 3.05) is 24.2 Å². The van der Waals surface area contributed by atoms with Gasteiger partial charge in [0.25, 0.3) is 0 Å². The monoisotopic (exact) mass is 350 g/mol. The van der Waals surface area contributed by atoms with E-state index in [-0.39, 0.29) is 0 Å². The number of rotatable bonds is 4. The van der Waals surface area contributed by atoms with E-state index in [9.17, 15) is 0 Å². The quantitative estimate of drug-likeness (QED) is 0.813. The van der Waals surface area contributed by atoms with E-state index in [4.69, 9.17) is 17.0 Å². The molecule has 0 radical (unpaired) electrons. The van der Waals surface area contributed by atoms with Crippen LogP contribution in [0.3, 0.4) is 0 Å². The Bertz CT molecular complexity index is 613. The van der Waals surface area contributed by atoms with E-state index in [0.29, 0.717) is 12.0 Å². The fourth-order valence-corrected chi connectivity index (χ4v) is 4.97. The molecule has 0 unspecified atom stereocenters. The fourth-order valence-electron chi connectivity index (χ4n) is 2.34. The molecule has 1 fully saturated rings. The highest BCUT2D eigenvalue weighted by Crippen LogP contribution is 2.40. The molecule has 0 aliphatic carbocycles. The van der Waals surface area contributed by atoms with Gasteiger partial charge in [0.1, 0.15) is 11.1 Å². The van der Waals surface area contributed by atoms with Crippen molar-refractivity contribution in [1.29, 1.82) is 0 Å². The molecule has 3 rings (SSSR count). The molecule has 1 aromatic heterocycles. The van der Waals surface area contributed by atoms with E-state index in [1.165, 1.54) is 4.88 Å². The topological polar surface area (TPSA) is 24.5 Å². The molecule has 1 saturated heterocycles.